The molecule has 0 amide bonds. The van der Waals surface area contributed by atoms with Crippen LogP contribution >= 0.6 is 0 Å². The van der Waals surface area contributed by atoms with Crippen molar-refractivity contribution in [2.75, 3.05) is 18.5 Å². The Balaban J connectivity index is 2.14. The molecule has 1 aromatic carbocycles. The maximum atomic E-state index is 10.2. The number of benzene rings is 1. The van der Waals surface area contributed by atoms with Crippen LogP contribution in [0.1, 0.15) is 36.8 Å². The Morgan fingerprint density at radius 1 is 1.33 bits per heavy atom. The first-order chi connectivity index (χ1) is 10.0. The van der Waals surface area contributed by atoms with E-state index in [0.29, 0.717) is 5.75 Å². The molecule has 1 atom stereocenters. The summed E-state index contributed by atoms with van der Waals surface area (Å²) in [5.74, 6) is 1.26. The van der Waals surface area contributed by atoms with Crippen molar-refractivity contribution >= 4 is 5.69 Å². The Kier molecular flexibility index (Phi) is 4.91. The van der Waals surface area contributed by atoms with Crippen molar-refractivity contribution in [2.24, 2.45) is 0 Å². The van der Waals surface area contributed by atoms with Crippen LogP contribution < -0.4 is 10.2 Å². The van der Waals surface area contributed by atoms with Crippen LogP contribution in [0.5, 0.6) is 5.75 Å². The zero-order chi connectivity index (χ0) is 15.4. The molecular formula is C17H24N2O2. The molecule has 0 radical (unpaired) electrons. The minimum Gasteiger partial charge on any atom is -0.508 e. The summed E-state index contributed by atoms with van der Waals surface area (Å²) in [6.07, 6.45) is 1.71. The largest absolute Gasteiger partial charge is 0.508 e. The molecule has 0 aliphatic rings. The fourth-order valence-corrected chi connectivity index (χ4v) is 2.47. The summed E-state index contributed by atoms with van der Waals surface area (Å²) in [5.41, 5.74) is 3.07. The number of aromatic hydroxyl groups is 1. The zero-order valence-corrected chi connectivity index (χ0v) is 13.2. The van der Waals surface area contributed by atoms with E-state index in [0.717, 1.165) is 35.7 Å². The molecule has 2 N–H and O–H groups in total. The van der Waals surface area contributed by atoms with E-state index in [9.17, 15) is 5.11 Å². The number of hydrogen-bond acceptors (Lipinski definition) is 4. The average Bonchev–Trinajstić information content (AvgIpc) is 2.84. The van der Waals surface area contributed by atoms with Gasteiger partial charge in [-0.3, -0.25) is 0 Å². The van der Waals surface area contributed by atoms with Crippen molar-refractivity contribution in [3.8, 4) is 5.75 Å². The molecule has 0 fully saturated rings. The number of anilines is 1. The van der Waals surface area contributed by atoms with Gasteiger partial charge in [0.1, 0.15) is 11.5 Å². The van der Waals surface area contributed by atoms with Gasteiger partial charge < -0.3 is 19.7 Å². The minimum absolute atomic E-state index is 0.144. The van der Waals surface area contributed by atoms with E-state index in [4.69, 9.17) is 4.42 Å². The number of hydrogen-bond donors (Lipinski definition) is 2. The van der Waals surface area contributed by atoms with Crippen molar-refractivity contribution < 1.29 is 9.52 Å². The Labute approximate surface area is 126 Å². The maximum Gasteiger partial charge on any atom is 0.122 e. The van der Waals surface area contributed by atoms with Gasteiger partial charge in [0.15, 0.2) is 0 Å². The van der Waals surface area contributed by atoms with Gasteiger partial charge in [-0.05, 0) is 32.5 Å². The van der Waals surface area contributed by atoms with E-state index >= 15 is 0 Å². The lowest BCUT2D eigenvalue weighted by Crippen LogP contribution is -2.19. The van der Waals surface area contributed by atoms with Gasteiger partial charge in [-0.25, -0.2) is 0 Å². The highest BCUT2D eigenvalue weighted by atomic mass is 16.3. The number of furan rings is 1. The standard InChI is InChI=1S/C17H24N2O2/c1-5-18-12(2)16-7-6-15(10-17(16)20)19(4)11-14-8-9-21-13(14)3/h6-10,12,18,20H,5,11H2,1-4H3. The number of phenols is 1. The first kappa shape index (κ1) is 15.4. The average molecular weight is 288 g/mol. The third-order valence-corrected chi connectivity index (χ3v) is 3.81. The van der Waals surface area contributed by atoms with Gasteiger partial charge in [0.25, 0.3) is 0 Å². The monoisotopic (exact) mass is 288 g/mol. The molecule has 0 saturated heterocycles. The molecule has 2 aromatic rings. The topological polar surface area (TPSA) is 48.6 Å². The van der Waals surface area contributed by atoms with Crippen LogP contribution in [-0.4, -0.2) is 18.7 Å². The van der Waals surface area contributed by atoms with Gasteiger partial charge in [-0.15, -0.1) is 0 Å². The first-order valence-corrected chi connectivity index (χ1v) is 7.33. The summed E-state index contributed by atoms with van der Waals surface area (Å²) in [4.78, 5) is 2.10. The van der Waals surface area contributed by atoms with E-state index in [2.05, 4.69) is 24.1 Å². The van der Waals surface area contributed by atoms with Gasteiger partial charge in [-0.1, -0.05) is 13.0 Å². The molecule has 1 unspecified atom stereocenters. The van der Waals surface area contributed by atoms with Crippen molar-refractivity contribution in [3.63, 3.8) is 0 Å². The molecule has 114 valence electrons. The highest BCUT2D eigenvalue weighted by molar-refractivity contribution is 5.54. The van der Waals surface area contributed by atoms with E-state index in [-0.39, 0.29) is 6.04 Å². The van der Waals surface area contributed by atoms with Crippen molar-refractivity contribution in [1.29, 1.82) is 0 Å². The number of aryl methyl sites for hydroxylation is 1. The quantitative estimate of drug-likeness (QED) is 0.852. The van der Waals surface area contributed by atoms with E-state index < -0.39 is 0 Å². The fraction of sp³-hybridized carbons (Fsp3) is 0.412. The predicted octanol–water partition coefficient (Wildman–Crippen LogP) is 3.60. The van der Waals surface area contributed by atoms with Crippen LogP contribution in [0, 0.1) is 6.92 Å². The van der Waals surface area contributed by atoms with Gasteiger partial charge in [0, 0.05) is 42.5 Å². The molecule has 1 aromatic heterocycles. The van der Waals surface area contributed by atoms with E-state index in [1.54, 1.807) is 6.26 Å². The molecule has 1 heterocycles. The minimum atomic E-state index is 0.144. The van der Waals surface area contributed by atoms with Crippen LogP contribution in [0.3, 0.4) is 0 Å². The zero-order valence-electron chi connectivity index (χ0n) is 13.2. The first-order valence-electron chi connectivity index (χ1n) is 7.33. The Morgan fingerprint density at radius 2 is 2.10 bits per heavy atom. The van der Waals surface area contributed by atoms with Crippen molar-refractivity contribution in [2.45, 2.75) is 33.4 Å². The molecule has 0 aliphatic heterocycles. The summed E-state index contributed by atoms with van der Waals surface area (Å²) in [6, 6.07) is 7.96. The van der Waals surface area contributed by atoms with Crippen molar-refractivity contribution in [1.82, 2.24) is 5.32 Å². The van der Waals surface area contributed by atoms with E-state index in [1.165, 1.54) is 0 Å². The van der Waals surface area contributed by atoms with Crippen LogP contribution in [-0.2, 0) is 6.54 Å². The fourth-order valence-electron chi connectivity index (χ4n) is 2.47. The molecular weight excluding hydrogens is 264 g/mol. The molecule has 4 heteroatoms. The summed E-state index contributed by atoms with van der Waals surface area (Å²) in [5, 5.41) is 13.5. The van der Waals surface area contributed by atoms with Gasteiger partial charge in [-0.2, -0.15) is 0 Å². The van der Waals surface area contributed by atoms with Crippen LogP contribution in [0.15, 0.2) is 34.9 Å². The highest BCUT2D eigenvalue weighted by Gasteiger charge is 2.12. The van der Waals surface area contributed by atoms with Crippen LogP contribution in [0.2, 0.25) is 0 Å². The summed E-state index contributed by atoms with van der Waals surface area (Å²) in [7, 11) is 2.01. The summed E-state index contributed by atoms with van der Waals surface area (Å²) in [6.45, 7) is 7.70. The lowest BCUT2D eigenvalue weighted by atomic mass is 10.1. The maximum absolute atomic E-state index is 10.2. The second-order valence-corrected chi connectivity index (χ2v) is 5.38. The summed E-state index contributed by atoms with van der Waals surface area (Å²) < 4.78 is 5.32. The second kappa shape index (κ2) is 6.68. The Bertz CT molecular complexity index is 592. The lowest BCUT2D eigenvalue weighted by molar-refractivity contribution is 0.454. The summed E-state index contributed by atoms with van der Waals surface area (Å²) >= 11 is 0. The van der Waals surface area contributed by atoms with Crippen molar-refractivity contribution in [3.05, 3.63) is 47.4 Å². The molecule has 0 aliphatic carbocycles. The predicted molar refractivity (Wildman–Crippen MR) is 85.8 cm³/mol. The third-order valence-electron chi connectivity index (χ3n) is 3.81. The molecule has 21 heavy (non-hydrogen) atoms. The van der Waals surface area contributed by atoms with E-state index in [1.807, 2.05) is 38.2 Å². The lowest BCUT2D eigenvalue weighted by Gasteiger charge is -2.21. The number of phenolic OH excluding ortho intramolecular Hbond substituents is 1. The normalized spacial score (nSPS) is 12.4. The molecule has 0 saturated carbocycles. The SMILES string of the molecule is CCNC(C)c1ccc(N(C)Cc2ccoc2C)cc1O. The Morgan fingerprint density at radius 3 is 2.67 bits per heavy atom. The molecule has 0 bridgehead atoms. The van der Waals surface area contributed by atoms with Gasteiger partial charge in [0.2, 0.25) is 0 Å². The number of nitrogens with one attached hydrogen (secondary N) is 1. The number of rotatable bonds is 6. The molecule has 0 spiro atoms. The number of nitrogens with zero attached hydrogens (tertiary/aromatic N) is 1. The van der Waals surface area contributed by atoms with Crippen LogP contribution in [0.4, 0.5) is 5.69 Å². The Hall–Kier alpha value is -1.94. The van der Waals surface area contributed by atoms with Gasteiger partial charge in [0.05, 0.1) is 6.26 Å². The molecule has 4 nitrogen and oxygen atoms in total. The molecule has 2 rings (SSSR count). The highest BCUT2D eigenvalue weighted by Crippen LogP contribution is 2.29. The third kappa shape index (κ3) is 3.58. The van der Waals surface area contributed by atoms with Gasteiger partial charge >= 0.3 is 0 Å². The second-order valence-electron chi connectivity index (χ2n) is 5.38. The van der Waals surface area contributed by atoms with Crippen LogP contribution in [0.25, 0.3) is 0 Å². The smallest absolute Gasteiger partial charge is 0.122 e.